The second-order valence-corrected chi connectivity index (χ2v) is 3.56. The van der Waals surface area contributed by atoms with Crippen LogP contribution in [0.25, 0.3) is 5.65 Å². The van der Waals surface area contributed by atoms with Gasteiger partial charge in [0.2, 0.25) is 0 Å². The molecule has 3 nitrogen and oxygen atoms in total. The van der Waals surface area contributed by atoms with Crippen LogP contribution in [-0.2, 0) is 6.42 Å². The normalized spacial score (nSPS) is 10.8. The van der Waals surface area contributed by atoms with Crippen LogP contribution in [0.1, 0.15) is 12.6 Å². The van der Waals surface area contributed by atoms with E-state index in [1.165, 1.54) is 4.40 Å². The Labute approximate surface area is 93.1 Å². The second kappa shape index (κ2) is 3.70. The van der Waals surface area contributed by atoms with Crippen LogP contribution in [0.5, 0.6) is 0 Å². The second-order valence-electron chi connectivity index (χ2n) is 3.17. The molecule has 0 unspecified atom stereocenters. The number of rotatable bonds is 1. The predicted molar refractivity (Wildman–Crippen MR) is 61.2 cm³/mol. The van der Waals surface area contributed by atoms with Gasteiger partial charge in [-0.3, -0.25) is 9.20 Å². The molecule has 0 aliphatic rings. The molecule has 0 saturated carbocycles. The Morgan fingerprint density at radius 1 is 1.53 bits per heavy atom. The highest BCUT2D eigenvalue weighted by Crippen LogP contribution is 2.08. The molecular formula is C10H8BClN2O. The fraction of sp³-hybridized carbons (Fsp3) is 0.200. The first-order chi connectivity index (χ1) is 7.15. The molecule has 2 radical (unpaired) electrons. The van der Waals surface area contributed by atoms with Crippen molar-refractivity contribution < 1.29 is 0 Å². The van der Waals surface area contributed by atoms with Gasteiger partial charge in [0.15, 0.2) is 0 Å². The van der Waals surface area contributed by atoms with Gasteiger partial charge in [-0.05, 0) is 24.0 Å². The van der Waals surface area contributed by atoms with Crippen LogP contribution in [0.15, 0.2) is 23.0 Å². The lowest BCUT2D eigenvalue weighted by Crippen LogP contribution is -2.35. The number of aryl methyl sites for hydroxylation is 1. The van der Waals surface area contributed by atoms with E-state index in [0.29, 0.717) is 22.9 Å². The molecule has 5 heteroatoms. The van der Waals surface area contributed by atoms with E-state index in [2.05, 4.69) is 4.98 Å². The molecule has 0 atom stereocenters. The van der Waals surface area contributed by atoms with Crippen molar-refractivity contribution in [1.29, 1.82) is 0 Å². The molecule has 0 aliphatic carbocycles. The Kier molecular flexibility index (Phi) is 2.53. The van der Waals surface area contributed by atoms with Crippen molar-refractivity contribution in [1.82, 2.24) is 9.38 Å². The van der Waals surface area contributed by atoms with Crippen LogP contribution in [0.4, 0.5) is 0 Å². The van der Waals surface area contributed by atoms with Gasteiger partial charge in [0, 0.05) is 5.69 Å². The zero-order valence-electron chi connectivity index (χ0n) is 8.20. The largest absolute Gasteiger partial charge is 0.270 e. The average molecular weight is 218 g/mol. The zero-order chi connectivity index (χ0) is 11.0. The van der Waals surface area contributed by atoms with Crippen LogP contribution in [0, 0.1) is 0 Å². The van der Waals surface area contributed by atoms with E-state index in [1.807, 2.05) is 6.92 Å². The van der Waals surface area contributed by atoms with Crippen molar-refractivity contribution >= 4 is 30.6 Å². The number of halogens is 1. The van der Waals surface area contributed by atoms with Gasteiger partial charge in [0.05, 0.1) is 0 Å². The Morgan fingerprint density at radius 2 is 2.27 bits per heavy atom. The maximum Gasteiger partial charge on any atom is 0.252 e. The minimum atomic E-state index is -0.303. The molecule has 0 saturated heterocycles. The Hall–Kier alpha value is -1.29. The van der Waals surface area contributed by atoms with Gasteiger partial charge in [-0.2, -0.15) is 0 Å². The maximum absolute atomic E-state index is 11.8. The van der Waals surface area contributed by atoms with Gasteiger partial charge in [0.1, 0.15) is 18.6 Å². The Bertz CT molecular complexity index is 579. The molecule has 0 spiro atoms. The van der Waals surface area contributed by atoms with Gasteiger partial charge in [-0.1, -0.05) is 24.6 Å². The molecule has 0 N–H and O–H groups in total. The molecule has 2 aromatic heterocycles. The maximum atomic E-state index is 11.8. The van der Waals surface area contributed by atoms with E-state index in [0.717, 1.165) is 0 Å². The lowest BCUT2D eigenvalue weighted by atomic mass is 9.94. The summed E-state index contributed by atoms with van der Waals surface area (Å²) in [5.74, 6) is 0. The first kappa shape index (κ1) is 10.2. The Balaban J connectivity index is 2.98. The molecule has 15 heavy (non-hydrogen) atoms. The average Bonchev–Trinajstić information content (AvgIpc) is 2.23. The smallest absolute Gasteiger partial charge is 0.252 e. The standard InChI is InChI=1S/C10H8BClN2O/c1-2-6-9(11)10(15)14-7(12)4-3-5-8(14)13-6/h3-5H,2H2,1H3. The summed E-state index contributed by atoms with van der Waals surface area (Å²) in [7, 11) is 5.67. The fourth-order valence-corrected chi connectivity index (χ4v) is 1.71. The molecule has 2 aromatic rings. The van der Waals surface area contributed by atoms with Crippen LogP contribution in [0.3, 0.4) is 0 Å². The van der Waals surface area contributed by atoms with E-state index in [4.69, 9.17) is 19.4 Å². The number of fused-ring (bicyclic) bond motifs is 1. The number of hydrogen-bond acceptors (Lipinski definition) is 2. The van der Waals surface area contributed by atoms with Crippen molar-refractivity contribution in [2.45, 2.75) is 13.3 Å². The van der Waals surface area contributed by atoms with Gasteiger partial charge < -0.3 is 0 Å². The molecule has 0 bridgehead atoms. The molecular weight excluding hydrogens is 210 g/mol. The summed E-state index contributed by atoms with van der Waals surface area (Å²) in [6.45, 7) is 1.90. The summed E-state index contributed by atoms with van der Waals surface area (Å²) in [6.07, 6.45) is 0.629. The quantitative estimate of drug-likeness (QED) is 0.522. The summed E-state index contributed by atoms with van der Waals surface area (Å²) >= 11 is 5.90. The molecule has 2 heterocycles. The molecule has 0 aromatic carbocycles. The first-order valence-corrected chi connectivity index (χ1v) is 4.98. The van der Waals surface area contributed by atoms with Crippen molar-refractivity contribution in [2.75, 3.05) is 0 Å². The third-order valence-corrected chi connectivity index (χ3v) is 2.55. The van der Waals surface area contributed by atoms with Crippen LogP contribution in [-0.4, -0.2) is 17.2 Å². The summed E-state index contributed by atoms with van der Waals surface area (Å²) in [5, 5.41) is 0.319. The van der Waals surface area contributed by atoms with Gasteiger partial charge in [-0.15, -0.1) is 0 Å². The van der Waals surface area contributed by atoms with Gasteiger partial charge in [0.25, 0.3) is 5.56 Å². The van der Waals surface area contributed by atoms with Crippen LogP contribution < -0.4 is 11.0 Å². The SMILES string of the molecule is [B]c1c(CC)nc2cccc(Cl)n2c1=O. The summed E-state index contributed by atoms with van der Waals surface area (Å²) < 4.78 is 1.30. The molecule has 2 rings (SSSR count). The topological polar surface area (TPSA) is 34.4 Å². The molecule has 0 fully saturated rings. The highest BCUT2D eigenvalue weighted by atomic mass is 35.5. The molecule has 0 aliphatic heterocycles. The zero-order valence-corrected chi connectivity index (χ0v) is 8.95. The van der Waals surface area contributed by atoms with Gasteiger partial charge >= 0.3 is 0 Å². The lowest BCUT2D eigenvalue weighted by Gasteiger charge is -2.07. The third kappa shape index (κ3) is 1.55. The van der Waals surface area contributed by atoms with Crippen molar-refractivity contribution in [3.8, 4) is 0 Å². The predicted octanol–water partition coefficient (Wildman–Crippen LogP) is 0.704. The number of nitrogens with zero attached hydrogens (tertiary/aromatic N) is 2. The first-order valence-electron chi connectivity index (χ1n) is 4.60. The van der Waals surface area contributed by atoms with Crippen molar-refractivity contribution in [2.24, 2.45) is 0 Å². The number of pyridine rings is 1. The van der Waals surface area contributed by atoms with Gasteiger partial charge in [-0.25, -0.2) is 4.98 Å². The summed E-state index contributed by atoms with van der Waals surface area (Å²) in [6, 6.07) is 5.11. The molecule has 74 valence electrons. The Morgan fingerprint density at radius 3 is 2.93 bits per heavy atom. The van der Waals surface area contributed by atoms with E-state index in [1.54, 1.807) is 18.2 Å². The third-order valence-electron chi connectivity index (χ3n) is 2.25. The van der Waals surface area contributed by atoms with E-state index >= 15 is 0 Å². The van der Waals surface area contributed by atoms with Crippen molar-refractivity contribution in [3.63, 3.8) is 0 Å². The van der Waals surface area contributed by atoms with E-state index < -0.39 is 0 Å². The van der Waals surface area contributed by atoms with E-state index in [9.17, 15) is 4.79 Å². The van der Waals surface area contributed by atoms with E-state index in [-0.39, 0.29) is 11.0 Å². The highest BCUT2D eigenvalue weighted by Gasteiger charge is 2.08. The van der Waals surface area contributed by atoms with Crippen LogP contribution in [0.2, 0.25) is 5.15 Å². The minimum absolute atomic E-state index is 0.170. The fourth-order valence-electron chi connectivity index (χ4n) is 1.47. The number of hydrogen-bond donors (Lipinski definition) is 0. The monoisotopic (exact) mass is 218 g/mol. The summed E-state index contributed by atoms with van der Waals surface area (Å²) in [4.78, 5) is 16.1. The molecule has 0 amide bonds. The van der Waals surface area contributed by atoms with Crippen LogP contribution >= 0.6 is 11.6 Å². The minimum Gasteiger partial charge on any atom is -0.270 e. The highest BCUT2D eigenvalue weighted by molar-refractivity contribution is 6.33. The lowest BCUT2D eigenvalue weighted by molar-refractivity contribution is 0.985. The summed E-state index contributed by atoms with van der Waals surface area (Å²) in [5.41, 5.74) is 1.01. The number of aromatic nitrogens is 2. The van der Waals surface area contributed by atoms with Crippen molar-refractivity contribution in [3.05, 3.63) is 39.4 Å².